The number of carbonyl (C=O) groups is 1. The molecule has 2 aromatic carbocycles. The normalized spacial score (nSPS) is 10.3. The highest BCUT2D eigenvalue weighted by molar-refractivity contribution is 5.88. The summed E-state index contributed by atoms with van der Waals surface area (Å²) in [6, 6.07) is 8.62. The first-order chi connectivity index (χ1) is 9.50. The Kier molecular flexibility index (Phi) is 3.98. The lowest BCUT2D eigenvalue weighted by molar-refractivity contribution is 0.0691. The summed E-state index contributed by atoms with van der Waals surface area (Å²) in [5.41, 5.74) is 0.0453. The summed E-state index contributed by atoms with van der Waals surface area (Å²) in [7, 11) is 0. The minimum Gasteiger partial charge on any atom is -0.486 e. The largest absolute Gasteiger partial charge is 0.486 e. The molecular weight excluding hydrogens is 266 g/mol. The van der Waals surface area contributed by atoms with Gasteiger partial charge in [0.15, 0.2) is 11.6 Å². The molecule has 0 atom stereocenters. The molecule has 2 aromatic rings. The molecule has 0 aliphatic heterocycles. The summed E-state index contributed by atoms with van der Waals surface area (Å²) in [5, 5.41) is 8.82. The summed E-state index contributed by atoms with van der Waals surface area (Å²) in [5.74, 6) is -2.73. The number of benzene rings is 2. The van der Waals surface area contributed by atoms with E-state index in [9.17, 15) is 13.6 Å². The molecule has 0 aromatic heterocycles. The maximum Gasteiger partial charge on any atom is 0.338 e. The van der Waals surface area contributed by atoms with Crippen molar-refractivity contribution in [3.05, 3.63) is 64.7 Å². The fraction of sp³-hybridized carbons (Fsp3) is 0.133. The van der Waals surface area contributed by atoms with Crippen LogP contribution < -0.4 is 4.74 Å². The van der Waals surface area contributed by atoms with Crippen molar-refractivity contribution in [2.45, 2.75) is 13.5 Å². The average molecular weight is 278 g/mol. The van der Waals surface area contributed by atoms with E-state index in [0.29, 0.717) is 5.56 Å². The van der Waals surface area contributed by atoms with E-state index in [1.165, 1.54) is 18.2 Å². The standard InChI is InChI=1S/C15H12F2O3/c1-9-4-2-7-12(13(9)16)20-8-10-5-3-6-11(14(10)17)15(18)19/h2-7H,8H2,1H3,(H,18,19). The van der Waals surface area contributed by atoms with Crippen molar-refractivity contribution in [3.8, 4) is 5.75 Å². The highest BCUT2D eigenvalue weighted by Crippen LogP contribution is 2.22. The second-order valence-electron chi connectivity index (χ2n) is 4.26. The molecule has 5 heteroatoms. The highest BCUT2D eigenvalue weighted by Gasteiger charge is 2.14. The van der Waals surface area contributed by atoms with Crippen molar-refractivity contribution < 1.29 is 23.4 Å². The minimum absolute atomic E-state index is 0.00475. The number of aryl methyl sites for hydroxylation is 1. The first-order valence-corrected chi connectivity index (χ1v) is 5.89. The molecule has 0 aliphatic carbocycles. The predicted octanol–water partition coefficient (Wildman–Crippen LogP) is 3.55. The number of carboxylic acid groups (broad SMARTS) is 1. The maximum absolute atomic E-state index is 13.9. The van der Waals surface area contributed by atoms with Gasteiger partial charge in [-0.1, -0.05) is 24.3 Å². The summed E-state index contributed by atoms with van der Waals surface area (Å²) < 4.78 is 32.8. The van der Waals surface area contributed by atoms with E-state index < -0.39 is 23.2 Å². The molecule has 0 radical (unpaired) electrons. The maximum atomic E-state index is 13.9. The van der Waals surface area contributed by atoms with Crippen molar-refractivity contribution >= 4 is 5.97 Å². The van der Waals surface area contributed by atoms with Gasteiger partial charge in [0.05, 0.1) is 5.56 Å². The molecular formula is C15H12F2O3. The van der Waals surface area contributed by atoms with Gasteiger partial charge in [-0.2, -0.15) is 0 Å². The third-order valence-corrected chi connectivity index (χ3v) is 2.85. The molecule has 0 saturated carbocycles. The Morgan fingerprint density at radius 1 is 1.15 bits per heavy atom. The smallest absolute Gasteiger partial charge is 0.338 e. The van der Waals surface area contributed by atoms with Crippen molar-refractivity contribution in [3.63, 3.8) is 0 Å². The van der Waals surface area contributed by atoms with Crippen LogP contribution in [0.15, 0.2) is 36.4 Å². The number of ether oxygens (including phenoxy) is 1. The number of carboxylic acids is 1. The second kappa shape index (κ2) is 5.69. The summed E-state index contributed by atoms with van der Waals surface area (Å²) in [6.07, 6.45) is 0. The van der Waals surface area contributed by atoms with Crippen LogP contribution >= 0.6 is 0 Å². The van der Waals surface area contributed by atoms with Crippen LogP contribution in [0.3, 0.4) is 0 Å². The van der Waals surface area contributed by atoms with Gasteiger partial charge in [0, 0.05) is 5.56 Å². The zero-order valence-electron chi connectivity index (χ0n) is 10.7. The van der Waals surface area contributed by atoms with Gasteiger partial charge in [0.2, 0.25) is 0 Å². The van der Waals surface area contributed by atoms with Crippen molar-refractivity contribution in [1.82, 2.24) is 0 Å². The molecule has 1 N–H and O–H groups in total. The fourth-order valence-electron chi connectivity index (χ4n) is 1.74. The van der Waals surface area contributed by atoms with Crippen LogP contribution in [0.5, 0.6) is 5.75 Å². The SMILES string of the molecule is Cc1cccc(OCc2cccc(C(=O)O)c2F)c1F. The molecule has 20 heavy (non-hydrogen) atoms. The van der Waals surface area contributed by atoms with E-state index >= 15 is 0 Å². The van der Waals surface area contributed by atoms with Gasteiger partial charge in [-0.3, -0.25) is 0 Å². The molecule has 3 nitrogen and oxygen atoms in total. The molecule has 104 valence electrons. The first-order valence-electron chi connectivity index (χ1n) is 5.89. The minimum atomic E-state index is -1.36. The van der Waals surface area contributed by atoms with E-state index in [0.717, 1.165) is 6.07 Å². The Morgan fingerprint density at radius 3 is 2.55 bits per heavy atom. The number of halogens is 2. The van der Waals surface area contributed by atoms with Crippen LogP contribution in [-0.4, -0.2) is 11.1 Å². The zero-order chi connectivity index (χ0) is 14.7. The molecule has 0 amide bonds. The van der Waals surface area contributed by atoms with Crippen LogP contribution in [0.1, 0.15) is 21.5 Å². The topological polar surface area (TPSA) is 46.5 Å². The average Bonchev–Trinajstić information content (AvgIpc) is 2.41. The van der Waals surface area contributed by atoms with Gasteiger partial charge in [0.1, 0.15) is 12.4 Å². The molecule has 0 saturated heterocycles. The van der Waals surface area contributed by atoms with Crippen LogP contribution in [0.25, 0.3) is 0 Å². The highest BCUT2D eigenvalue weighted by atomic mass is 19.1. The van der Waals surface area contributed by atoms with E-state index in [4.69, 9.17) is 9.84 Å². The van der Waals surface area contributed by atoms with E-state index in [2.05, 4.69) is 0 Å². The molecule has 0 spiro atoms. The van der Waals surface area contributed by atoms with Crippen molar-refractivity contribution in [2.24, 2.45) is 0 Å². The third-order valence-electron chi connectivity index (χ3n) is 2.85. The molecule has 0 fully saturated rings. The Balaban J connectivity index is 2.21. The number of rotatable bonds is 4. The van der Waals surface area contributed by atoms with Crippen LogP contribution in [0.4, 0.5) is 8.78 Å². The molecule has 0 heterocycles. The molecule has 0 unspecified atom stereocenters. The van der Waals surface area contributed by atoms with Crippen LogP contribution in [0, 0.1) is 18.6 Å². The predicted molar refractivity (Wildman–Crippen MR) is 68.8 cm³/mol. The monoisotopic (exact) mass is 278 g/mol. The van der Waals surface area contributed by atoms with Crippen LogP contribution in [0.2, 0.25) is 0 Å². The summed E-state index contributed by atoms with van der Waals surface area (Å²) >= 11 is 0. The molecule has 0 aliphatic rings. The summed E-state index contributed by atoms with van der Waals surface area (Å²) in [6.45, 7) is 1.35. The van der Waals surface area contributed by atoms with Gasteiger partial charge >= 0.3 is 5.97 Å². The summed E-state index contributed by atoms with van der Waals surface area (Å²) in [4.78, 5) is 10.8. The van der Waals surface area contributed by atoms with Crippen molar-refractivity contribution in [1.29, 1.82) is 0 Å². The van der Waals surface area contributed by atoms with E-state index in [1.54, 1.807) is 19.1 Å². The molecule has 0 bridgehead atoms. The van der Waals surface area contributed by atoms with E-state index in [1.807, 2.05) is 0 Å². The van der Waals surface area contributed by atoms with Crippen LogP contribution in [-0.2, 0) is 6.61 Å². The number of hydrogen-bond acceptors (Lipinski definition) is 2. The lowest BCUT2D eigenvalue weighted by Crippen LogP contribution is -2.06. The quantitative estimate of drug-likeness (QED) is 0.930. The van der Waals surface area contributed by atoms with Gasteiger partial charge in [0.25, 0.3) is 0 Å². The Labute approximate surface area is 114 Å². The van der Waals surface area contributed by atoms with Gasteiger partial charge in [-0.05, 0) is 24.6 Å². The third kappa shape index (κ3) is 2.77. The van der Waals surface area contributed by atoms with Crippen molar-refractivity contribution in [2.75, 3.05) is 0 Å². The lowest BCUT2D eigenvalue weighted by Gasteiger charge is -2.10. The first kappa shape index (κ1) is 14.0. The van der Waals surface area contributed by atoms with Gasteiger partial charge in [-0.15, -0.1) is 0 Å². The molecule has 2 rings (SSSR count). The lowest BCUT2D eigenvalue weighted by atomic mass is 10.1. The van der Waals surface area contributed by atoms with Gasteiger partial charge in [-0.25, -0.2) is 13.6 Å². The zero-order valence-corrected chi connectivity index (χ0v) is 10.7. The number of aromatic carboxylic acids is 1. The fourth-order valence-corrected chi connectivity index (χ4v) is 1.74. The number of hydrogen-bond donors (Lipinski definition) is 1. The van der Waals surface area contributed by atoms with E-state index in [-0.39, 0.29) is 17.9 Å². The second-order valence-corrected chi connectivity index (χ2v) is 4.26. The Bertz CT molecular complexity index is 654. The Morgan fingerprint density at radius 2 is 1.85 bits per heavy atom. The van der Waals surface area contributed by atoms with Gasteiger partial charge < -0.3 is 9.84 Å². The Hall–Kier alpha value is -2.43.